The summed E-state index contributed by atoms with van der Waals surface area (Å²) in [5.74, 6) is 0.958. The van der Waals surface area contributed by atoms with Crippen molar-refractivity contribution in [1.82, 2.24) is 14.4 Å². The maximum Gasteiger partial charge on any atom is 0.255 e. The lowest BCUT2D eigenvalue weighted by molar-refractivity contribution is -0.138. The van der Waals surface area contributed by atoms with Gasteiger partial charge in [-0.05, 0) is 49.8 Å². The molecule has 3 heterocycles. The van der Waals surface area contributed by atoms with Crippen molar-refractivity contribution in [3.63, 3.8) is 0 Å². The smallest absolute Gasteiger partial charge is 0.255 e. The normalized spacial score (nSPS) is 23.8. The summed E-state index contributed by atoms with van der Waals surface area (Å²) < 4.78 is 2.19. The molecule has 0 radical (unpaired) electrons. The number of hydrogen-bond donors (Lipinski definition) is 0. The monoisotopic (exact) mass is 443 g/mol. The van der Waals surface area contributed by atoms with E-state index < -0.39 is 6.04 Å². The van der Waals surface area contributed by atoms with Crippen LogP contribution >= 0.6 is 0 Å². The average Bonchev–Trinajstić information content (AvgIpc) is 3.23. The zero-order chi connectivity index (χ0) is 23.4. The summed E-state index contributed by atoms with van der Waals surface area (Å²) in [5.41, 5.74) is 5.07. The highest BCUT2D eigenvalue weighted by molar-refractivity contribution is 6.03. The van der Waals surface area contributed by atoms with Gasteiger partial charge in [0.05, 0.1) is 6.04 Å². The summed E-state index contributed by atoms with van der Waals surface area (Å²) >= 11 is 0. The van der Waals surface area contributed by atoms with E-state index in [9.17, 15) is 9.59 Å². The van der Waals surface area contributed by atoms with Crippen LogP contribution < -0.4 is 0 Å². The first-order valence-corrected chi connectivity index (χ1v) is 12.0. The van der Waals surface area contributed by atoms with Gasteiger partial charge in [-0.1, -0.05) is 50.2 Å². The van der Waals surface area contributed by atoms with Gasteiger partial charge in [-0.2, -0.15) is 0 Å². The van der Waals surface area contributed by atoms with Crippen LogP contribution in [0.4, 0.5) is 0 Å². The SMILES string of the molecule is Cc1c(C2c3ccccc3C(=O)N2C(C)C(=O)N2CC(C)CC(C)C2)c2ccccc2n1C. The fourth-order valence-electron chi connectivity index (χ4n) is 6.15. The molecular weight excluding hydrogens is 410 g/mol. The summed E-state index contributed by atoms with van der Waals surface area (Å²) in [6.07, 6.45) is 1.14. The number of amides is 2. The highest BCUT2D eigenvalue weighted by Gasteiger charge is 2.45. The Labute approximate surface area is 196 Å². The molecule has 2 aliphatic heterocycles. The van der Waals surface area contributed by atoms with E-state index in [2.05, 4.69) is 44.5 Å². The van der Waals surface area contributed by atoms with Crippen molar-refractivity contribution in [3.05, 3.63) is 70.9 Å². The van der Waals surface area contributed by atoms with E-state index in [4.69, 9.17) is 0 Å². The van der Waals surface area contributed by atoms with Gasteiger partial charge in [-0.25, -0.2) is 0 Å². The molecule has 0 aliphatic carbocycles. The van der Waals surface area contributed by atoms with Crippen molar-refractivity contribution < 1.29 is 9.59 Å². The third-order valence-corrected chi connectivity index (χ3v) is 7.68. The minimum absolute atomic E-state index is 0.0532. The van der Waals surface area contributed by atoms with Crippen molar-refractivity contribution in [3.8, 4) is 0 Å². The second-order valence-corrected chi connectivity index (χ2v) is 10.1. The van der Waals surface area contributed by atoms with Crippen molar-refractivity contribution in [2.24, 2.45) is 18.9 Å². The molecule has 3 aromatic rings. The van der Waals surface area contributed by atoms with Crippen LogP contribution in [-0.4, -0.2) is 45.3 Å². The first-order valence-electron chi connectivity index (χ1n) is 12.0. The Morgan fingerprint density at radius 3 is 2.36 bits per heavy atom. The van der Waals surface area contributed by atoms with Crippen molar-refractivity contribution >= 4 is 22.7 Å². The number of nitrogens with zero attached hydrogens (tertiary/aromatic N) is 3. The van der Waals surface area contributed by atoms with E-state index in [1.807, 2.05) is 53.1 Å². The first kappa shape index (κ1) is 21.7. The van der Waals surface area contributed by atoms with E-state index in [0.29, 0.717) is 17.4 Å². The molecule has 2 amide bonds. The topological polar surface area (TPSA) is 45.6 Å². The Hall–Kier alpha value is -3.08. The predicted octanol–water partition coefficient (Wildman–Crippen LogP) is 4.92. The van der Waals surface area contributed by atoms with Gasteiger partial charge in [-0.15, -0.1) is 0 Å². The lowest BCUT2D eigenvalue weighted by Crippen LogP contribution is -2.52. The number of aryl methyl sites for hydroxylation is 1. The molecule has 0 saturated carbocycles. The highest BCUT2D eigenvalue weighted by atomic mass is 16.2. The number of hydrogen-bond acceptors (Lipinski definition) is 2. The Kier molecular flexibility index (Phi) is 5.31. The largest absolute Gasteiger partial charge is 0.348 e. The first-order chi connectivity index (χ1) is 15.8. The maximum atomic E-state index is 13.7. The van der Waals surface area contributed by atoms with Crippen molar-refractivity contribution in [2.75, 3.05) is 13.1 Å². The second kappa shape index (κ2) is 8.05. The Morgan fingerprint density at radius 2 is 1.64 bits per heavy atom. The molecule has 5 nitrogen and oxygen atoms in total. The fraction of sp³-hybridized carbons (Fsp3) is 0.429. The lowest BCUT2D eigenvalue weighted by atomic mass is 9.91. The summed E-state index contributed by atoms with van der Waals surface area (Å²) in [5, 5.41) is 1.14. The zero-order valence-corrected chi connectivity index (χ0v) is 20.2. The molecular formula is C28H33N3O2. The standard InChI is InChI=1S/C28H33N3O2/c1-17-14-18(2)16-30(15-17)27(32)20(4)31-26(21-10-6-7-11-22(21)28(31)33)25-19(3)29(5)24-13-9-8-12-23(24)25/h6-13,17-18,20,26H,14-16H2,1-5H3. The molecule has 2 aromatic carbocycles. The zero-order valence-electron chi connectivity index (χ0n) is 20.2. The number of likely N-dealkylation sites (tertiary alicyclic amines) is 1. The van der Waals surface area contributed by atoms with Gasteiger partial charge in [-0.3, -0.25) is 9.59 Å². The molecule has 4 unspecified atom stereocenters. The van der Waals surface area contributed by atoms with E-state index in [0.717, 1.165) is 47.2 Å². The van der Waals surface area contributed by atoms with Crippen LogP contribution in [0.15, 0.2) is 48.5 Å². The molecule has 0 spiro atoms. The van der Waals surface area contributed by atoms with Crippen LogP contribution in [-0.2, 0) is 11.8 Å². The molecule has 5 heteroatoms. The number of carbonyl (C=O) groups excluding carboxylic acids is 2. The van der Waals surface area contributed by atoms with Crippen LogP contribution in [0.5, 0.6) is 0 Å². The molecule has 4 atom stereocenters. The Morgan fingerprint density at radius 1 is 1.00 bits per heavy atom. The van der Waals surface area contributed by atoms with Crippen LogP contribution in [0.2, 0.25) is 0 Å². The Bertz CT molecular complexity index is 1230. The van der Waals surface area contributed by atoms with E-state index in [1.165, 1.54) is 0 Å². The summed E-state index contributed by atoms with van der Waals surface area (Å²) in [4.78, 5) is 31.3. The van der Waals surface area contributed by atoms with Gasteiger partial charge < -0.3 is 14.4 Å². The maximum absolute atomic E-state index is 13.7. The average molecular weight is 444 g/mol. The number of para-hydroxylation sites is 1. The predicted molar refractivity (Wildman–Crippen MR) is 131 cm³/mol. The van der Waals surface area contributed by atoms with Crippen molar-refractivity contribution in [2.45, 2.75) is 46.2 Å². The summed E-state index contributed by atoms with van der Waals surface area (Å²) in [7, 11) is 2.07. The molecule has 5 rings (SSSR count). The molecule has 172 valence electrons. The molecule has 33 heavy (non-hydrogen) atoms. The van der Waals surface area contributed by atoms with Gasteiger partial charge in [0, 0.05) is 47.9 Å². The summed E-state index contributed by atoms with van der Waals surface area (Å²) in [6, 6.07) is 15.4. The number of benzene rings is 2. The van der Waals surface area contributed by atoms with Gasteiger partial charge >= 0.3 is 0 Å². The van der Waals surface area contributed by atoms with Gasteiger partial charge in [0.25, 0.3) is 5.91 Å². The number of piperidine rings is 1. The van der Waals surface area contributed by atoms with E-state index in [1.54, 1.807) is 0 Å². The van der Waals surface area contributed by atoms with E-state index in [-0.39, 0.29) is 17.9 Å². The third kappa shape index (κ3) is 3.36. The van der Waals surface area contributed by atoms with Gasteiger partial charge in [0.15, 0.2) is 0 Å². The molecule has 1 fully saturated rings. The van der Waals surface area contributed by atoms with Gasteiger partial charge in [0.1, 0.15) is 6.04 Å². The van der Waals surface area contributed by atoms with Crippen molar-refractivity contribution in [1.29, 1.82) is 0 Å². The molecule has 0 bridgehead atoms. The molecule has 1 saturated heterocycles. The lowest BCUT2D eigenvalue weighted by Gasteiger charge is -2.39. The third-order valence-electron chi connectivity index (χ3n) is 7.68. The molecule has 0 N–H and O–H groups in total. The molecule has 2 aliphatic rings. The second-order valence-electron chi connectivity index (χ2n) is 10.1. The minimum Gasteiger partial charge on any atom is -0.348 e. The summed E-state index contributed by atoms with van der Waals surface area (Å²) in [6.45, 7) is 9.96. The number of rotatable bonds is 3. The van der Waals surface area contributed by atoms with Gasteiger partial charge in [0.2, 0.25) is 5.91 Å². The molecule has 1 aromatic heterocycles. The van der Waals surface area contributed by atoms with Crippen LogP contribution in [0, 0.1) is 18.8 Å². The number of carbonyl (C=O) groups is 2. The number of fused-ring (bicyclic) bond motifs is 2. The Balaban J connectivity index is 1.62. The quantitative estimate of drug-likeness (QED) is 0.577. The van der Waals surface area contributed by atoms with Crippen LogP contribution in [0.25, 0.3) is 10.9 Å². The number of aromatic nitrogens is 1. The highest BCUT2D eigenvalue weighted by Crippen LogP contribution is 2.44. The fourth-order valence-corrected chi connectivity index (χ4v) is 6.15. The van der Waals surface area contributed by atoms with Crippen LogP contribution in [0.1, 0.15) is 60.4 Å². The minimum atomic E-state index is -0.536. The van der Waals surface area contributed by atoms with Crippen LogP contribution in [0.3, 0.4) is 0 Å². The van der Waals surface area contributed by atoms with E-state index >= 15 is 0 Å².